The summed E-state index contributed by atoms with van der Waals surface area (Å²) in [5, 5.41) is 20.6. The van der Waals surface area contributed by atoms with Gasteiger partial charge in [0.2, 0.25) is 0 Å². The molecule has 0 fully saturated rings. The van der Waals surface area contributed by atoms with E-state index in [1.165, 1.54) is 11.3 Å². The molecular weight excluding hydrogens is 290 g/mol. The molecule has 1 rings (SSSR count). The number of aliphatic hydroxyl groups is 2. The Morgan fingerprint density at radius 3 is 2.86 bits per heavy atom. The SMILES string of the molecule is OCC(O)CNCc1cc(Br)c(Cl)s1. The lowest BCUT2D eigenvalue weighted by Gasteiger charge is -2.07. The second-order valence-corrected chi connectivity index (χ2v) is 5.39. The van der Waals surface area contributed by atoms with Crippen LogP contribution < -0.4 is 5.32 Å². The van der Waals surface area contributed by atoms with Crippen molar-refractivity contribution in [3.63, 3.8) is 0 Å². The van der Waals surface area contributed by atoms with Gasteiger partial charge >= 0.3 is 0 Å². The van der Waals surface area contributed by atoms with Crippen molar-refractivity contribution in [1.29, 1.82) is 0 Å². The molecule has 0 saturated carbocycles. The molecule has 0 bridgehead atoms. The summed E-state index contributed by atoms with van der Waals surface area (Å²) >= 11 is 10.7. The monoisotopic (exact) mass is 299 g/mol. The maximum atomic E-state index is 9.05. The molecule has 80 valence electrons. The lowest BCUT2D eigenvalue weighted by atomic mass is 10.3. The highest BCUT2D eigenvalue weighted by atomic mass is 79.9. The largest absolute Gasteiger partial charge is 0.394 e. The molecule has 1 heterocycles. The van der Waals surface area contributed by atoms with Crippen LogP contribution in [0.5, 0.6) is 0 Å². The molecule has 0 aliphatic carbocycles. The van der Waals surface area contributed by atoms with Crippen LogP contribution in [0.25, 0.3) is 0 Å². The highest BCUT2D eigenvalue weighted by Crippen LogP contribution is 2.31. The first-order valence-corrected chi connectivity index (χ1v) is 6.05. The van der Waals surface area contributed by atoms with Gasteiger partial charge in [0.25, 0.3) is 0 Å². The van der Waals surface area contributed by atoms with Crippen LogP contribution in [0.15, 0.2) is 10.5 Å². The van der Waals surface area contributed by atoms with Gasteiger partial charge in [-0.25, -0.2) is 0 Å². The Morgan fingerprint density at radius 1 is 1.64 bits per heavy atom. The molecule has 0 amide bonds. The first-order valence-electron chi connectivity index (χ1n) is 4.07. The van der Waals surface area contributed by atoms with Gasteiger partial charge in [0, 0.05) is 22.4 Å². The van der Waals surface area contributed by atoms with Crippen molar-refractivity contribution in [3.8, 4) is 0 Å². The third kappa shape index (κ3) is 3.84. The third-order valence-corrected chi connectivity index (χ3v) is 4.06. The Labute approximate surface area is 99.8 Å². The number of aliphatic hydroxyl groups excluding tert-OH is 2. The van der Waals surface area contributed by atoms with Crippen molar-refractivity contribution >= 4 is 38.9 Å². The van der Waals surface area contributed by atoms with Crippen molar-refractivity contribution in [2.75, 3.05) is 13.2 Å². The summed E-state index contributed by atoms with van der Waals surface area (Å²) in [6.07, 6.45) is -0.700. The van der Waals surface area contributed by atoms with E-state index >= 15 is 0 Å². The van der Waals surface area contributed by atoms with Gasteiger partial charge < -0.3 is 15.5 Å². The van der Waals surface area contributed by atoms with Crippen molar-refractivity contribution in [2.24, 2.45) is 0 Å². The molecule has 0 spiro atoms. The van der Waals surface area contributed by atoms with Crippen LogP contribution in [0.1, 0.15) is 4.88 Å². The minimum atomic E-state index is -0.700. The number of halogens is 2. The number of nitrogens with one attached hydrogen (secondary N) is 1. The summed E-state index contributed by atoms with van der Waals surface area (Å²) in [6.45, 7) is 0.804. The summed E-state index contributed by atoms with van der Waals surface area (Å²) in [5.41, 5.74) is 0. The van der Waals surface area contributed by atoms with Gasteiger partial charge in [-0.05, 0) is 22.0 Å². The summed E-state index contributed by atoms with van der Waals surface area (Å²) in [6, 6.07) is 1.94. The van der Waals surface area contributed by atoms with E-state index < -0.39 is 6.10 Å². The van der Waals surface area contributed by atoms with E-state index in [0.717, 1.165) is 13.7 Å². The van der Waals surface area contributed by atoms with E-state index in [0.29, 0.717) is 13.1 Å². The Hall–Kier alpha value is 0.350. The molecule has 14 heavy (non-hydrogen) atoms. The molecule has 1 aromatic rings. The highest BCUT2D eigenvalue weighted by molar-refractivity contribution is 9.10. The average molecular weight is 301 g/mol. The van der Waals surface area contributed by atoms with E-state index in [1.54, 1.807) is 0 Å². The first-order chi connectivity index (χ1) is 6.63. The molecule has 1 aromatic heterocycles. The number of rotatable bonds is 5. The van der Waals surface area contributed by atoms with Gasteiger partial charge in [-0.15, -0.1) is 11.3 Å². The molecule has 0 saturated heterocycles. The second-order valence-electron chi connectivity index (χ2n) is 2.80. The fraction of sp³-hybridized carbons (Fsp3) is 0.500. The Bertz CT molecular complexity index is 275. The van der Waals surface area contributed by atoms with Gasteiger partial charge in [0.1, 0.15) is 4.34 Å². The van der Waals surface area contributed by atoms with E-state index in [4.69, 9.17) is 21.8 Å². The Balaban J connectivity index is 2.31. The number of hydrogen-bond acceptors (Lipinski definition) is 4. The van der Waals surface area contributed by atoms with Gasteiger partial charge in [0.15, 0.2) is 0 Å². The number of hydrogen-bond donors (Lipinski definition) is 3. The molecule has 0 radical (unpaired) electrons. The molecule has 0 aliphatic rings. The van der Waals surface area contributed by atoms with Crippen LogP contribution in [-0.2, 0) is 6.54 Å². The van der Waals surface area contributed by atoms with E-state index in [2.05, 4.69) is 21.2 Å². The van der Waals surface area contributed by atoms with Crippen molar-refractivity contribution < 1.29 is 10.2 Å². The lowest BCUT2D eigenvalue weighted by molar-refractivity contribution is 0.0943. The maximum absolute atomic E-state index is 9.05. The Kier molecular flexibility index (Phi) is 5.36. The number of thiophene rings is 1. The molecule has 3 N–H and O–H groups in total. The van der Waals surface area contributed by atoms with Gasteiger partial charge in [-0.2, -0.15) is 0 Å². The van der Waals surface area contributed by atoms with Crippen LogP contribution in [0.4, 0.5) is 0 Å². The van der Waals surface area contributed by atoms with Gasteiger partial charge in [0.05, 0.1) is 12.7 Å². The average Bonchev–Trinajstić information content (AvgIpc) is 2.46. The summed E-state index contributed by atoms with van der Waals surface area (Å²) in [5.74, 6) is 0. The standard InChI is InChI=1S/C8H11BrClNO2S/c9-7-1-6(14-8(7)10)3-11-2-5(13)4-12/h1,5,11-13H,2-4H2. The van der Waals surface area contributed by atoms with Crippen LogP contribution in [0, 0.1) is 0 Å². The lowest BCUT2D eigenvalue weighted by Crippen LogP contribution is -2.28. The zero-order valence-electron chi connectivity index (χ0n) is 7.33. The van der Waals surface area contributed by atoms with Gasteiger partial charge in [-0.3, -0.25) is 0 Å². The van der Waals surface area contributed by atoms with Crippen molar-refractivity contribution in [2.45, 2.75) is 12.6 Å². The van der Waals surface area contributed by atoms with Crippen LogP contribution in [0.3, 0.4) is 0 Å². The topological polar surface area (TPSA) is 52.5 Å². The quantitative estimate of drug-likeness (QED) is 0.774. The second kappa shape index (κ2) is 6.05. The predicted molar refractivity (Wildman–Crippen MR) is 61.8 cm³/mol. The molecule has 1 atom stereocenters. The van der Waals surface area contributed by atoms with Crippen LogP contribution in [0.2, 0.25) is 4.34 Å². The molecule has 6 heteroatoms. The zero-order valence-corrected chi connectivity index (χ0v) is 10.5. The summed E-state index contributed by atoms with van der Waals surface area (Å²) in [7, 11) is 0. The Morgan fingerprint density at radius 2 is 2.36 bits per heavy atom. The van der Waals surface area contributed by atoms with Crippen molar-refractivity contribution in [3.05, 3.63) is 19.8 Å². The zero-order chi connectivity index (χ0) is 10.6. The normalized spacial score (nSPS) is 13.1. The van der Waals surface area contributed by atoms with Crippen LogP contribution in [-0.4, -0.2) is 29.5 Å². The minimum Gasteiger partial charge on any atom is -0.394 e. The molecule has 1 unspecified atom stereocenters. The van der Waals surface area contributed by atoms with Crippen LogP contribution >= 0.6 is 38.9 Å². The van der Waals surface area contributed by atoms with Gasteiger partial charge in [-0.1, -0.05) is 11.6 Å². The fourth-order valence-corrected chi connectivity index (χ4v) is 2.67. The maximum Gasteiger partial charge on any atom is 0.107 e. The summed E-state index contributed by atoms with van der Waals surface area (Å²) in [4.78, 5) is 1.09. The minimum absolute atomic E-state index is 0.220. The third-order valence-electron chi connectivity index (χ3n) is 1.59. The fourth-order valence-electron chi connectivity index (χ4n) is 0.905. The summed E-state index contributed by atoms with van der Waals surface area (Å²) < 4.78 is 1.62. The first kappa shape index (κ1) is 12.4. The van der Waals surface area contributed by atoms with E-state index in [1.807, 2.05) is 6.07 Å². The van der Waals surface area contributed by atoms with E-state index in [9.17, 15) is 0 Å². The molecule has 3 nitrogen and oxygen atoms in total. The molecule has 0 aromatic carbocycles. The van der Waals surface area contributed by atoms with E-state index in [-0.39, 0.29) is 6.61 Å². The highest BCUT2D eigenvalue weighted by Gasteiger charge is 2.05. The predicted octanol–water partition coefficient (Wildman–Crippen LogP) is 1.61. The molecular formula is C8H11BrClNO2S. The smallest absolute Gasteiger partial charge is 0.107 e. The van der Waals surface area contributed by atoms with Crippen molar-refractivity contribution in [1.82, 2.24) is 5.32 Å². The molecule has 0 aliphatic heterocycles.